The third kappa shape index (κ3) is 2.22. The lowest BCUT2D eigenvalue weighted by atomic mass is 10.1. The number of rotatable bonds is 4. The molecule has 7 heteroatoms. The Labute approximate surface area is 115 Å². The van der Waals surface area contributed by atoms with Crippen molar-refractivity contribution in [2.45, 2.75) is 25.3 Å². The van der Waals surface area contributed by atoms with Gasteiger partial charge in [0.2, 0.25) is 5.91 Å². The minimum absolute atomic E-state index is 0.0383. The molecule has 1 fully saturated rings. The number of aromatic nitrogens is 4. The Kier molecular flexibility index (Phi) is 3.32. The standard InChI is InChI=1S/C13H15N5O2/c1-20-11-5-3-2-4-10(11)18-9(6-7-13(18)19)8-12-14-16-17-15-12/h2-5,9H,6-8H2,1H3,(H,14,15,16,17)/t9-/m0/s1. The van der Waals surface area contributed by atoms with Gasteiger partial charge >= 0.3 is 0 Å². The zero-order valence-corrected chi connectivity index (χ0v) is 11.1. The van der Waals surface area contributed by atoms with Crippen LogP contribution in [0.1, 0.15) is 18.7 Å². The maximum Gasteiger partial charge on any atom is 0.227 e. The van der Waals surface area contributed by atoms with E-state index in [1.165, 1.54) is 0 Å². The molecule has 0 spiro atoms. The number of amides is 1. The van der Waals surface area contributed by atoms with Gasteiger partial charge in [0, 0.05) is 18.9 Å². The number of tetrazole rings is 1. The molecule has 1 atom stereocenters. The zero-order chi connectivity index (χ0) is 13.9. The summed E-state index contributed by atoms with van der Waals surface area (Å²) >= 11 is 0. The fraction of sp³-hybridized carbons (Fsp3) is 0.385. The Morgan fingerprint density at radius 3 is 3.05 bits per heavy atom. The maximum atomic E-state index is 12.2. The molecule has 1 N–H and O–H groups in total. The quantitative estimate of drug-likeness (QED) is 0.896. The number of aromatic amines is 1. The molecule has 0 unspecified atom stereocenters. The number of anilines is 1. The molecular weight excluding hydrogens is 258 g/mol. The average molecular weight is 273 g/mol. The van der Waals surface area contributed by atoms with Gasteiger partial charge in [-0.25, -0.2) is 0 Å². The molecule has 2 heterocycles. The zero-order valence-electron chi connectivity index (χ0n) is 11.1. The smallest absolute Gasteiger partial charge is 0.227 e. The summed E-state index contributed by atoms with van der Waals surface area (Å²) in [5.41, 5.74) is 0.797. The number of nitrogens with zero attached hydrogens (tertiary/aromatic N) is 4. The molecule has 1 amide bonds. The van der Waals surface area contributed by atoms with Crippen LogP contribution in [0.2, 0.25) is 0 Å². The van der Waals surface area contributed by atoms with Gasteiger partial charge in [0.1, 0.15) is 5.75 Å². The van der Waals surface area contributed by atoms with E-state index in [0.717, 1.165) is 12.1 Å². The molecule has 0 saturated carbocycles. The van der Waals surface area contributed by atoms with Crippen LogP contribution < -0.4 is 9.64 Å². The number of para-hydroxylation sites is 2. The second-order valence-corrected chi connectivity index (χ2v) is 4.66. The van der Waals surface area contributed by atoms with Crippen LogP contribution >= 0.6 is 0 Å². The Morgan fingerprint density at radius 1 is 1.45 bits per heavy atom. The summed E-state index contributed by atoms with van der Waals surface area (Å²) in [5, 5.41) is 13.9. The van der Waals surface area contributed by atoms with Gasteiger partial charge in [-0.3, -0.25) is 4.79 Å². The van der Waals surface area contributed by atoms with Crippen molar-refractivity contribution >= 4 is 11.6 Å². The molecule has 104 valence electrons. The summed E-state index contributed by atoms with van der Waals surface area (Å²) in [6.45, 7) is 0. The summed E-state index contributed by atoms with van der Waals surface area (Å²) in [6, 6.07) is 7.57. The van der Waals surface area contributed by atoms with Crippen molar-refractivity contribution in [2.24, 2.45) is 0 Å². The minimum atomic E-state index is 0.0383. The van der Waals surface area contributed by atoms with E-state index in [0.29, 0.717) is 24.4 Å². The van der Waals surface area contributed by atoms with E-state index in [1.54, 1.807) is 12.0 Å². The van der Waals surface area contributed by atoms with E-state index >= 15 is 0 Å². The highest BCUT2D eigenvalue weighted by Crippen LogP contribution is 2.34. The van der Waals surface area contributed by atoms with E-state index in [2.05, 4.69) is 20.6 Å². The van der Waals surface area contributed by atoms with Crippen LogP contribution in [0.25, 0.3) is 0 Å². The summed E-state index contributed by atoms with van der Waals surface area (Å²) < 4.78 is 5.35. The molecule has 1 saturated heterocycles. The molecule has 1 aliphatic rings. The number of carbonyl (C=O) groups excluding carboxylic acids is 1. The summed E-state index contributed by atoms with van der Waals surface area (Å²) in [6.07, 6.45) is 1.90. The molecule has 0 aliphatic carbocycles. The molecule has 3 rings (SSSR count). The molecule has 0 radical (unpaired) electrons. The van der Waals surface area contributed by atoms with Crippen molar-refractivity contribution in [3.05, 3.63) is 30.1 Å². The van der Waals surface area contributed by atoms with E-state index < -0.39 is 0 Å². The maximum absolute atomic E-state index is 12.2. The number of nitrogens with one attached hydrogen (secondary N) is 1. The van der Waals surface area contributed by atoms with Gasteiger partial charge in [0.25, 0.3) is 0 Å². The van der Waals surface area contributed by atoms with Crippen molar-refractivity contribution in [2.75, 3.05) is 12.0 Å². The van der Waals surface area contributed by atoms with Crippen molar-refractivity contribution in [1.29, 1.82) is 0 Å². The van der Waals surface area contributed by atoms with Gasteiger partial charge < -0.3 is 9.64 Å². The lowest BCUT2D eigenvalue weighted by molar-refractivity contribution is -0.117. The summed E-state index contributed by atoms with van der Waals surface area (Å²) in [7, 11) is 1.60. The first kappa shape index (κ1) is 12.6. The predicted molar refractivity (Wildman–Crippen MR) is 71.4 cm³/mol. The van der Waals surface area contributed by atoms with Crippen LogP contribution in [0.3, 0.4) is 0 Å². The summed E-state index contributed by atoms with van der Waals surface area (Å²) in [5.74, 6) is 1.41. The third-order valence-corrected chi connectivity index (χ3v) is 3.48. The lowest BCUT2D eigenvalue weighted by Crippen LogP contribution is -2.35. The monoisotopic (exact) mass is 273 g/mol. The molecule has 7 nitrogen and oxygen atoms in total. The van der Waals surface area contributed by atoms with Crippen molar-refractivity contribution in [3.8, 4) is 5.75 Å². The minimum Gasteiger partial charge on any atom is -0.495 e. The Morgan fingerprint density at radius 2 is 2.30 bits per heavy atom. The van der Waals surface area contributed by atoms with Gasteiger partial charge in [-0.2, -0.15) is 5.21 Å². The van der Waals surface area contributed by atoms with Crippen molar-refractivity contribution < 1.29 is 9.53 Å². The number of methoxy groups -OCH3 is 1. The van der Waals surface area contributed by atoms with E-state index in [9.17, 15) is 4.79 Å². The first-order valence-corrected chi connectivity index (χ1v) is 6.47. The lowest BCUT2D eigenvalue weighted by Gasteiger charge is -2.25. The number of ether oxygens (including phenoxy) is 1. The molecule has 1 aromatic carbocycles. The van der Waals surface area contributed by atoms with Crippen LogP contribution in [0.4, 0.5) is 5.69 Å². The van der Waals surface area contributed by atoms with Crippen LogP contribution in [0, 0.1) is 0 Å². The molecule has 1 aliphatic heterocycles. The number of benzene rings is 1. The number of hydrogen-bond acceptors (Lipinski definition) is 5. The molecule has 2 aromatic rings. The first-order chi connectivity index (χ1) is 9.79. The highest BCUT2D eigenvalue weighted by atomic mass is 16.5. The normalized spacial score (nSPS) is 18.6. The Bertz CT molecular complexity index is 599. The highest BCUT2D eigenvalue weighted by Gasteiger charge is 2.34. The first-order valence-electron chi connectivity index (χ1n) is 6.47. The molecular formula is C13H15N5O2. The van der Waals surface area contributed by atoms with E-state index in [-0.39, 0.29) is 11.9 Å². The fourth-order valence-electron chi connectivity index (χ4n) is 2.58. The van der Waals surface area contributed by atoms with Crippen molar-refractivity contribution in [1.82, 2.24) is 20.6 Å². The fourth-order valence-corrected chi connectivity index (χ4v) is 2.58. The number of H-pyrrole nitrogens is 1. The second-order valence-electron chi connectivity index (χ2n) is 4.66. The average Bonchev–Trinajstić information content (AvgIpc) is 3.10. The highest BCUT2D eigenvalue weighted by molar-refractivity contribution is 5.97. The van der Waals surface area contributed by atoms with Gasteiger partial charge in [-0.1, -0.05) is 17.3 Å². The van der Waals surface area contributed by atoms with Crippen LogP contribution in [-0.2, 0) is 11.2 Å². The molecule has 0 bridgehead atoms. The van der Waals surface area contributed by atoms with Crippen molar-refractivity contribution in [3.63, 3.8) is 0 Å². The van der Waals surface area contributed by atoms with Gasteiger partial charge in [0.05, 0.1) is 12.8 Å². The van der Waals surface area contributed by atoms with E-state index in [1.807, 2.05) is 24.3 Å². The van der Waals surface area contributed by atoms with Crippen LogP contribution in [0.15, 0.2) is 24.3 Å². The topological polar surface area (TPSA) is 84.0 Å². The van der Waals surface area contributed by atoms with Gasteiger partial charge in [-0.15, -0.1) is 10.2 Å². The SMILES string of the molecule is COc1ccccc1N1C(=O)CC[C@H]1Cc1nn[nH]n1. The van der Waals surface area contributed by atoms with Gasteiger partial charge in [-0.05, 0) is 18.6 Å². The largest absolute Gasteiger partial charge is 0.495 e. The molecule has 1 aromatic heterocycles. The third-order valence-electron chi connectivity index (χ3n) is 3.48. The Hall–Kier alpha value is -2.44. The number of hydrogen-bond donors (Lipinski definition) is 1. The number of carbonyl (C=O) groups is 1. The van der Waals surface area contributed by atoms with Crippen LogP contribution in [-0.4, -0.2) is 39.7 Å². The summed E-state index contributed by atoms with van der Waals surface area (Å²) in [4.78, 5) is 14.0. The predicted octanol–water partition coefficient (Wildman–Crippen LogP) is 0.946. The van der Waals surface area contributed by atoms with Gasteiger partial charge in [0.15, 0.2) is 5.82 Å². The van der Waals surface area contributed by atoms with Crippen LogP contribution in [0.5, 0.6) is 5.75 Å². The molecule has 20 heavy (non-hydrogen) atoms. The second kappa shape index (κ2) is 5.28. The van der Waals surface area contributed by atoms with E-state index in [4.69, 9.17) is 4.74 Å². The Balaban J connectivity index is 1.90.